The van der Waals surface area contributed by atoms with Gasteiger partial charge in [-0.15, -0.1) is 0 Å². The number of nitrogens with two attached hydrogens (primary N) is 1. The van der Waals surface area contributed by atoms with Crippen molar-refractivity contribution in [2.75, 3.05) is 12.4 Å². The molecule has 0 saturated heterocycles. The molecule has 0 fully saturated rings. The smallest absolute Gasteiger partial charge is 0.144 e. The molecule has 0 radical (unpaired) electrons. The Hall–Kier alpha value is -3.06. The number of ether oxygens (including phenoxy) is 1. The molecule has 2 aromatic rings. The number of aryl methyl sites for hydroxylation is 1. The van der Waals surface area contributed by atoms with Gasteiger partial charge in [-0.2, -0.15) is 0 Å². The maximum absolute atomic E-state index is 9.98. The first-order chi connectivity index (χ1) is 12.5. The number of aromatic nitrogens is 2. The van der Waals surface area contributed by atoms with E-state index in [0.717, 1.165) is 17.1 Å². The molecule has 26 heavy (non-hydrogen) atoms. The highest BCUT2D eigenvalue weighted by molar-refractivity contribution is 5.99. The van der Waals surface area contributed by atoms with E-state index in [1.165, 1.54) is 6.20 Å². The van der Waals surface area contributed by atoms with Crippen molar-refractivity contribution in [2.24, 2.45) is 10.7 Å². The van der Waals surface area contributed by atoms with Gasteiger partial charge in [-0.25, -0.2) is 9.98 Å². The Morgan fingerprint density at radius 1 is 1.54 bits per heavy atom. The molecule has 0 saturated carbocycles. The fraction of sp³-hybridized carbons (Fsp3) is 0.263. The van der Waals surface area contributed by atoms with E-state index in [0.29, 0.717) is 23.7 Å². The van der Waals surface area contributed by atoms with Crippen LogP contribution in [0.2, 0.25) is 0 Å². The number of aliphatic hydroxyl groups is 1. The molecule has 7 heteroatoms. The summed E-state index contributed by atoms with van der Waals surface area (Å²) in [6, 6.07) is 5.66. The van der Waals surface area contributed by atoms with E-state index in [9.17, 15) is 5.11 Å². The second kappa shape index (κ2) is 8.87. The largest absolute Gasteiger partial charge is 0.494 e. The monoisotopic (exact) mass is 355 g/mol. The molecular weight excluding hydrogens is 330 g/mol. The average molecular weight is 355 g/mol. The van der Waals surface area contributed by atoms with E-state index >= 15 is 0 Å². The number of aliphatic hydroxyl groups excluding tert-OH is 1. The number of hydrogen-bond acceptors (Lipinski definition) is 6. The van der Waals surface area contributed by atoms with Crippen LogP contribution in [0.4, 0.5) is 5.69 Å². The number of rotatable bonds is 8. The highest BCUT2D eigenvalue weighted by Crippen LogP contribution is 2.27. The zero-order valence-corrected chi connectivity index (χ0v) is 15.3. The van der Waals surface area contributed by atoms with Gasteiger partial charge >= 0.3 is 0 Å². The van der Waals surface area contributed by atoms with E-state index in [4.69, 9.17) is 10.5 Å². The minimum atomic E-state index is -0.699. The van der Waals surface area contributed by atoms with Crippen LogP contribution in [0.15, 0.2) is 60.4 Å². The van der Waals surface area contributed by atoms with Gasteiger partial charge in [0.2, 0.25) is 0 Å². The zero-order chi connectivity index (χ0) is 19.1. The Labute approximate surface area is 153 Å². The van der Waals surface area contributed by atoms with E-state index in [1.54, 1.807) is 19.5 Å². The van der Waals surface area contributed by atoms with Gasteiger partial charge in [0.15, 0.2) is 0 Å². The third kappa shape index (κ3) is 4.73. The van der Waals surface area contributed by atoms with Crippen LogP contribution in [0.3, 0.4) is 0 Å². The van der Waals surface area contributed by atoms with Crippen molar-refractivity contribution in [3.05, 3.63) is 61.1 Å². The third-order valence-electron chi connectivity index (χ3n) is 3.72. The molecule has 1 heterocycles. The molecule has 1 unspecified atom stereocenters. The van der Waals surface area contributed by atoms with Crippen molar-refractivity contribution in [2.45, 2.75) is 26.4 Å². The Morgan fingerprint density at radius 3 is 2.88 bits per heavy atom. The molecule has 1 aromatic carbocycles. The number of nitrogens with one attached hydrogen (secondary N) is 1. The first kappa shape index (κ1) is 19.3. The maximum Gasteiger partial charge on any atom is 0.144 e. The lowest BCUT2D eigenvalue weighted by Gasteiger charge is -2.14. The SMILES string of the molecule is C=C(/N=C(\C=C/N)C(O)CC)Nc1ccc(-n2cnc(C)c2)c(OC)c1. The standard InChI is InChI=1S/C19H25N5O2/c1-5-18(25)16(8-9-20)23-14(3)22-15-6-7-17(19(10-15)26-4)24-11-13(2)21-12-24/h6-12,18,22,25H,3,5,20H2,1-2,4H3/b9-8-,23-16+. The van der Waals surface area contributed by atoms with Crippen molar-refractivity contribution >= 4 is 11.4 Å². The Kier molecular flexibility index (Phi) is 6.57. The maximum atomic E-state index is 9.98. The van der Waals surface area contributed by atoms with Crippen LogP contribution < -0.4 is 15.8 Å². The Balaban J connectivity index is 2.23. The first-order valence-electron chi connectivity index (χ1n) is 8.28. The fourth-order valence-corrected chi connectivity index (χ4v) is 2.40. The van der Waals surface area contributed by atoms with Crippen LogP contribution in [0.1, 0.15) is 19.0 Å². The molecule has 1 atom stereocenters. The Bertz CT molecular complexity index is 823. The van der Waals surface area contributed by atoms with Crippen LogP contribution in [-0.4, -0.2) is 33.6 Å². The van der Waals surface area contributed by atoms with Gasteiger partial charge in [-0.05, 0) is 37.8 Å². The van der Waals surface area contributed by atoms with Crippen molar-refractivity contribution in [1.82, 2.24) is 9.55 Å². The lowest BCUT2D eigenvalue weighted by Crippen LogP contribution is -2.18. The number of aliphatic imine (C=N–C) groups is 1. The molecule has 4 N–H and O–H groups in total. The lowest BCUT2D eigenvalue weighted by atomic mass is 10.1. The van der Waals surface area contributed by atoms with Crippen molar-refractivity contribution < 1.29 is 9.84 Å². The van der Waals surface area contributed by atoms with Crippen LogP contribution >= 0.6 is 0 Å². The van der Waals surface area contributed by atoms with Crippen molar-refractivity contribution in [1.29, 1.82) is 0 Å². The van der Waals surface area contributed by atoms with E-state index in [2.05, 4.69) is 21.9 Å². The van der Waals surface area contributed by atoms with Gasteiger partial charge in [0.1, 0.15) is 11.6 Å². The van der Waals surface area contributed by atoms with Crippen LogP contribution in [-0.2, 0) is 0 Å². The fourth-order valence-electron chi connectivity index (χ4n) is 2.40. The summed E-state index contributed by atoms with van der Waals surface area (Å²) in [4.78, 5) is 8.54. The van der Waals surface area contributed by atoms with Crippen LogP contribution in [0.25, 0.3) is 5.69 Å². The molecule has 0 aliphatic heterocycles. The summed E-state index contributed by atoms with van der Waals surface area (Å²) in [6.45, 7) is 7.68. The van der Waals surface area contributed by atoms with Crippen LogP contribution in [0.5, 0.6) is 5.75 Å². The van der Waals surface area contributed by atoms with Gasteiger partial charge in [0.05, 0.1) is 36.6 Å². The minimum Gasteiger partial charge on any atom is -0.494 e. The molecule has 7 nitrogen and oxygen atoms in total. The van der Waals surface area contributed by atoms with Crippen molar-refractivity contribution in [3.63, 3.8) is 0 Å². The summed E-state index contributed by atoms with van der Waals surface area (Å²) in [5.41, 5.74) is 8.43. The first-order valence-corrected chi connectivity index (χ1v) is 8.28. The molecule has 0 amide bonds. The molecule has 0 aliphatic carbocycles. The molecule has 138 valence electrons. The molecule has 0 spiro atoms. The predicted octanol–water partition coefficient (Wildman–Crippen LogP) is 2.76. The number of imidazole rings is 1. The number of hydrogen-bond donors (Lipinski definition) is 3. The summed E-state index contributed by atoms with van der Waals surface area (Å²) < 4.78 is 7.38. The average Bonchev–Trinajstić information content (AvgIpc) is 3.06. The number of methoxy groups -OCH3 is 1. The quantitative estimate of drug-likeness (QED) is 0.633. The molecular formula is C19H25N5O2. The molecule has 0 bridgehead atoms. The lowest BCUT2D eigenvalue weighted by molar-refractivity contribution is 0.238. The topological polar surface area (TPSA) is 97.7 Å². The van der Waals surface area contributed by atoms with Gasteiger partial charge in [-0.1, -0.05) is 13.5 Å². The summed E-state index contributed by atoms with van der Waals surface area (Å²) in [6.07, 6.45) is 6.40. The third-order valence-corrected chi connectivity index (χ3v) is 3.72. The van der Waals surface area contributed by atoms with Crippen LogP contribution in [0, 0.1) is 6.92 Å². The predicted molar refractivity (Wildman–Crippen MR) is 105 cm³/mol. The van der Waals surface area contributed by atoms with Gasteiger partial charge < -0.3 is 25.5 Å². The summed E-state index contributed by atoms with van der Waals surface area (Å²) in [5, 5.41) is 13.1. The normalized spacial score (nSPS) is 13.0. The van der Waals surface area contributed by atoms with Gasteiger partial charge in [-0.3, -0.25) is 0 Å². The summed E-state index contributed by atoms with van der Waals surface area (Å²) in [7, 11) is 1.61. The summed E-state index contributed by atoms with van der Waals surface area (Å²) >= 11 is 0. The van der Waals surface area contributed by atoms with E-state index in [1.807, 2.05) is 42.8 Å². The molecule has 2 rings (SSSR count). The Morgan fingerprint density at radius 2 is 2.31 bits per heavy atom. The molecule has 0 aliphatic rings. The second-order valence-electron chi connectivity index (χ2n) is 5.70. The highest BCUT2D eigenvalue weighted by Gasteiger charge is 2.10. The van der Waals surface area contributed by atoms with Crippen molar-refractivity contribution in [3.8, 4) is 11.4 Å². The number of nitrogens with zero attached hydrogens (tertiary/aromatic N) is 3. The zero-order valence-electron chi connectivity index (χ0n) is 15.3. The van der Waals surface area contributed by atoms with Gasteiger partial charge in [0, 0.05) is 18.0 Å². The number of anilines is 1. The number of benzene rings is 1. The van der Waals surface area contributed by atoms with E-state index in [-0.39, 0.29) is 0 Å². The second-order valence-corrected chi connectivity index (χ2v) is 5.70. The minimum absolute atomic E-state index is 0.388. The van der Waals surface area contributed by atoms with E-state index < -0.39 is 6.10 Å². The summed E-state index contributed by atoms with van der Waals surface area (Å²) in [5.74, 6) is 1.07. The highest BCUT2D eigenvalue weighted by atomic mass is 16.5. The van der Waals surface area contributed by atoms with Gasteiger partial charge in [0.25, 0.3) is 0 Å². The molecule has 1 aromatic heterocycles.